The molecule has 2 aromatic heterocycles. The van der Waals surface area contributed by atoms with Crippen LogP contribution in [0, 0.1) is 5.92 Å². The quantitative estimate of drug-likeness (QED) is 0.672. The number of nitrogens with one attached hydrogen (secondary N) is 1. The number of hydrogen-bond donors (Lipinski definition) is 1. The lowest BCUT2D eigenvalue weighted by Gasteiger charge is -2.44. The van der Waals surface area contributed by atoms with Gasteiger partial charge in [0.25, 0.3) is 5.91 Å². The Labute approximate surface area is 191 Å². The van der Waals surface area contributed by atoms with Crippen molar-refractivity contribution in [3.05, 3.63) is 39.8 Å². The molecule has 2 amide bonds. The third-order valence-corrected chi connectivity index (χ3v) is 7.63. The Morgan fingerprint density at radius 2 is 2.06 bits per heavy atom. The highest BCUT2D eigenvalue weighted by molar-refractivity contribution is 7.09. The second-order valence-corrected chi connectivity index (χ2v) is 10.1. The molecule has 172 valence electrons. The number of aromatic nitrogens is 2. The molecule has 3 heterocycles. The lowest BCUT2D eigenvalue weighted by Crippen LogP contribution is -2.65. The van der Waals surface area contributed by atoms with E-state index in [1.165, 1.54) is 17.9 Å². The number of carbonyl (C=O) groups is 3. The lowest BCUT2D eigenvalue weighted by molar-refractivity contribution is -0.134. The van der Waals surface area contributed by atoms with Crippen LogP contribution in [0.2, 0.25) is 0 Å². The summed E-state index contributed by atoms with van der Waals surface area (Å²) in [5.74, 6) is -0.393. The van der Waals surface area contributed by atoms with Gasteiger partial charge in [0.05, 0.1) is 13.7 Å². The minimum atomic E-state index is -1.11. The van der Waals surface area contributed by atoms with E-state index in [1.54, 1.807) is 23.2 Å². The number of amides is 2. The molecule has 1 aliphatic heterocycles. The number of thiophene rings is 1. The summed E-state index contributed by atoms with van der Waals surface area (Å²) in [4.78, 5) is 41.8. The SMILES string of the molecule is COC(=O)c1cc2n(n1)C[C@](C)(C(=O)NC1CCC(C)CC1)N(CCc1cccs1)C2=O. The molecule has 4 rings (SSSR count). The molecule has 0 saturated heterocycles. The maximum Gasteiger partial charge on any atom is 0.358 e. The highest BCUT2D eigenvalue weighted by Crippen LogP contribution is 2.30. The van der Waals surface area contributed by atoms with Crippen LogP contribution in [0.25, 0.3) is 0 Å². The molecule has 1 atom stereocenters. The van der Waals surface area contributed by atoms with E-state index in [0.717, 1.165) is 30.6 Å². The predicted octanol–water partition coefficient (Wildman–Crippen LogP) is 2.88. The van der Waals surface area contributed by atoms with E-state index in [9.17, 15) is 14.4 Å². The highest BCUT2D eigenvalue weighted by atomic mass is 32.1. The van der Waals surface area contributed by atoms with Gasteiger partial charge in [-0.3, -0.25) is 14.3 Å². The third kappa shape index (κ3) is 4.30. The predicted molar refractivity (Wildman–Crippen MR) is 121 cm³/mol. The Hall–Kier alpha value is -2.68. The molecule has 1 N–H and O–H groups in total. The Kier molecular flexibility index (Phi) is 6.37. The van der Waals surface area contributed by atoms with Crippen LogP contribution in [0.1, 0.15) is 65.4 Å². The van der Waals surface area contributed by atoms with E-state index in [1.807, 2.05) is 17.5 Å². The average Bonchev–Trinajstić information content (AvgIpc) is 3.44. The van der Waals surface area contributed by atoms with Crippen molar-refractivity contribution in [3.8, 4) is 0 Å². The number of fused-ring (bicyclic) bond motifs is 1. The minimum absolute atomic E-state index is 0.0694. The molecule has 1 saturated carbocycles. The van der Waals surface area contributed by atoms with Crippen LogP contribution >= 0.6 is 11.3 Å². The number of nitrogens with zero attached hydrogens (tertiary/aromatic N) is 3. The van der Waals surface area contributed by atoms with Crippen molar-refractivity contribution in [3.63, 3.8) is 0 Å². The summed E-state index contributed by atoms with van der Waals surface area (Å²) in [6.07, 6.45) is 4.74. The molecule has 0 bridgehead atoms. The topological polar surface area (TPSA) is 93.5 Å². The molecule has 2 aliphatic rings. The molecule has 2 aromatic rings. The Balaban J connectivity index is 1.61. The summed E-state index contributed by atoms with van der Waals surface area (Å²) in [6.45, 7) is 4.63. The van der Waals surface area contributed by atoms with Gasteiger partial charge in [-0.1, -0.05) is 13.0 Å². The number of esters is 1. The van der Waals surface area contributed by atoms with Crippen LogP contribution in [0.4, 0.5) is 0 Å². The van der Waals surface area contributed by atoms with Crippen molar-refractivity contribution < 1.29 is 19.1 Å². The van der Waals surface area contributed by atoms with E-state index >= 15 is 0 Å². The molecule has 32 heavy (non-hydrogen) atoms. The van der Waals surface area contributed by atoms with Gasteiger partial charge in [-0.05, 0) is 56.4 Å². The molecule has 0 aromatic carbocycles. The van der Waals surface area contributed by atoms with E-state index in [0.29, 0.717) is 24.6 Å². The summed E-state index contributed by atoms with van der Waals surface area (Å²) in [6, 6.07) is 5.58. The maximum absolute atomic E-state index is 13.6. The van der Waals surface area contributed by atoms with E-state index in [-0.39, 0.29) is 30.1 Å². The first-order valence-electron chi connectivity index (χ1n) is 11.1. The van der Waals surface area contributed by atoms with Gasteiger partial charge in [-0.25, -0.2) is 4.79 Å². The van der Waals surface area contributed by atoms with Gasteiger partial charge >= 0.3 is 5.97 Å². The number of ether oxygens (including phenoxy) is 1. The van der Waals surface area contributed by atoms with Gasteiger partial charge < -0.3 is 15.0 Å². The molecular weight excluding hydrogens is 428 g/mol. The second-order valence-electron chi connectivity index (χ2n) is 9.05. The van der Waals surface area contributed by atoms with Crippen LogP contribution in [-0.4, -0.2) is 57.7 Å². The Bertz CT molecular complexity index is 994. The molecule has 8 nitrogen and oxygen atoms in total. The van der Waals surface area contributed by atoms with Gasteiger partial charge in [-0.15, -0.1) is 11.3 Å². The summed E-state index contributed by atoms with van der Waals surface area (Å²) >= 11 is 1.63. The van der Waals surface area contributed by atoms with Crippen molar-refractivity contribution in [2.24, 2.45) is 5.92 Å². The normalized spacial score (nSPS) is 25.3. The molecule has 1 fully saturated rings. The third-order valence-electron chi connectivity index (χ3n) is 6.69. The van der Waals surface area contributed by atoms with Crippen molar-refractivity contribution in [1.82, 2.24) is 20.0 Å². The van der Waals surface area contributed by atoms with Crippen molar-refractivity contribution in [1.29, 1.82) is 0 Å². The van der Waals surface area contributed by atoms with Crippen LogP contribution in [-0.2, 0) is 22.5 Å². The standard InChI is InChI=1S/C23H30N4O4S/c1-15-6-8-16(9-7-15)24-22(30)23(2)14-27-19(13-18(25-27)21(29)31-3)20(28)26(23)11-10-17-5-4-12-32-17/h4-5,12-13,15-16H,6-11,14H2,1-3H3,(H,24,30)/t15?,16?,23-/m1/s1. The minimum Gasteiger partial charge on any atom is -0.464 e. The fourth-order valence-corrected chi connectivity index (χ4v) is 5.32. The molecule has 0 spiro atoms. The van der Waals surface area contributed by atoms with Crippen LogP contribution in [0.3, 0.4) is 0 Å². The number of carbonyl (C=O) groups excluding carboxylic acids is 3. The van der Waals surface area contributed by atoms with E-state index in [4.69, 9.17) is 4.74 Å². The monoisotopic (exact) mass is 458 g/mol. The first-order chi connectivity index (χ1) is 15.3. The smallest absolute Gasteiger partial charge is 0.358 e. The summed E-state index contributed by atoms with van der Waals surface area (Å²) in [5.41, 5.74) is -0.739. The van der Waals surface area contributed by atoms with Crippen LogP contribution in [0.15, 0.2) is 23.6 Å². The first-order valence-corrected chi connectivity index (χ1v) is 12.0. The number of hydrogen-bond acceptors (Lipinski definition) is 6. The molecule has 0 unspecified atom stereocenters. The molecule has 9 heteroatoms. The van der Waals surface area contributed by atoms with Gasteiger partial charge in [-0.2, -0.15) is 5.10 Å². The fourth-order valence-electron chi connectivity index (χ4n) is 4.62. The van der Waals surface area contributed by atoms with E-state index in [2.05, 4.69) is 17.3 Å². The largest absolute Gasteiger partial charge is 0.464 e. The van der Waals surface area contributed by atoms with Gasteiger partial charge in [0, 0.05) is 23.5 Å². The summed E-state index contributed by atoms with van der Waals surface area (Å²) in [7, 11) is 1.28. The van der Waals surface area contributed by atoms with Crippen LogP contribution in [0.5, 0.6) is 0 Å². The molecule has 0 radical (unpaired) electrons. The fraction of sp³-hybridized carbons (Fsp3) is 0.565. The lowest BCUT2D eigenvalue weighted by atomic mass is 9.86. The first kappa shape index (κ1) is 22.5. The molecule has 1 aliphatic carbocycles. The zero-order valence-corrected chi connectivity index (χ0v) is 19.6. The van der Waals surface area contributed by atoms with Gasteiger partial charge in [0.2, 0.25) is 5.91 Å². The number of methoxy groups -OCH3 is 1. The number of rotatable bonds is 6. The average molecular weight is 459 g/mol. The van der Waals surface area contributed by atoms with Crippen molar-refractivity contribution >= 4 is 29.1 Å². The highest BCUT2D eigenvalue weighted by Gasteiger charge is 2.48. The van der Waals surface area contributed by atoms with Gasteiger partial charge in [0.1, 0.15) is 11.2 Å². The van der Waals surface area contributed by atoms with Crippen molar-refractivity contribution in [2.75, 3.05) is 13.7 Å². The second kappa shape index (κ2) is 9.05. The summed E-state index contributed by atoms with van der Waals surface area (Å²) < 4.78 is 6.23. The maximum atomic E-state index is 13.6. The van der Waals surface area contributed by atoms with Crippen LogP contribution < -0.4 is 5.32 Å². The zero-order chi connectivity index (χ0) is 22.9. The van der Waals surface area contributed by atoms with E-state index < -0.39 is 11.5 Å². The molecular formula is C23H30N4O4S. The summed E-state index contributed by atoms with van der Waals surface area (Å²) in [5, 5.41) is 9.47. The van der Waals surface area contributed by atoms with Gasteiger partial charge in [0.15, 0.2) is 5.69 Å². The van der Waals surface area contributed by atoms with Crippen molar-refractivity contribution in [2.45, 2.75) is 64.1 Å². The zero-order valence-electron chi connectivity index (χ0n) is 18.8. The Morgan fingerprint density at radius 3 is 2.72 bits per heavy atom. The Morgan fingerprint density at radius 1 is 1.31 bits per heavy atom.